The van der Waals surface area contributed by atoms with Gasteiger partial charge in [-0.15, -0.1) is 0 Å². The molecular formula is C30H45N5O5. The number of nitrogens with one attached hydrogen (secondary N) is 1. The van der Waals surface area contributed by atoms with Crippen LogP contribution in [0.1, 0.15) is 63.2 Å². The van der Waals surface area contributed by atoms with Crippen LogP contribution in [0, 0.1) is 5.92 Å². The van der Waals surface area contributed by atoms with Crippen molar-refractivity contribution < 1.29 is 24.3 Å². The number of likely N-dealkylation sites (N-methyl/N-ethyl adjacent to an activating group) is 1. The van der Waals surface area contributed by atoms with E-state index in [9.17, 15) is 24.3 Å². The lowest BCUT2D eigenvalue weighted by molar-refractivity contribution is -0.142. The van der Waals surface area contributed by atoms with E-state index in [1.165, 1.54) is 4.90 Å². The number of amides is 3. The molecule has 40 heavy (non-hydrogen) atoms. The fourth-order valence-electron chi connectivity index (χ4n) is 6.09. The van der Waals surface area contributed by atoms with E-state index in [1.54, 1.807) is 17.0 Å². The average molecular weight is 556 g/mol. The van der Waals surface area contributed by atoms with Gasteiger partial charge in [0.25, 0.3) is 11.8 Å². The molecule has 3 fully saturated rings. The number of fused-ring (bicyclic) bond motifs is 1. The molecule has 2 N–H and O–H groups in total. The summed E-state index contributed by atoms with van der Waals surface area (Å²) in [5.74, 6) is -1.11. The molecule has 220 valence electrons. The maximum atomic E-state index is 13.8. The number of likely N-dealkylation sites (tertiary alicyclic amines) is 2. The Balaban J connectivity index is 1.42. The molecule has 0 radical (unpaired) electrons. The number of benzene rings is 1. The number of piperazine rings is 1. The highest BCUT2D eigenvalue weighted by Crippen LogP contribution is 2.31. The van der Waals surface area contributed by atoms with E-state index in [1.807, 2.05) is 32.9 Å². The van der Waals surface area contributed by atoms with Crippen molar-refractivity contribution >= 4 is 29.2 Å². The molecule has 4 rings (SSSR count). The van der Waals surface area contributed by atoms with Crippen LogP contribution in [0.5, 0.6) is 0 Å². The summed E-state index contributed by atoms with van der Waals surface area (Å²) in [4.78, 5) is 60.5. The van der Waals surface area contributed by atoms with Gasteiger partial charge in [0.1, 0.15) is 18.2 Å². The molecule has 0 bridgehead atoms. The van der Waals surface area contributed by atoms with E-state index >= 15 is 0 Å². The number of Topliss-reactive ketones (excluding diaryl/α,β-unsaturated/α-hetero) is 1. The van der Waals surface area contributed by atoms with Crippen LogP contribution in [0.25, 0.3) is 0 Å². The third kappa shape index (κ3) is 6.66. The Hall–Kier alpha value is -2.98. The monoisotopic (exact) mass is 555 g/mol. The Morgan fingerprint density at radius 1 is 1.00 bits per heavy atom. The van der Waals surface area contributed by atoms with Gasteiger partial charge in [-0.3, -0.25) is 19.2 Å². The number of nitrogens with zero attached hydrogens (tertiary/aromatic N) is 4. The summed E-state index contributed by atoms with van der Waals surface area (Å²) >= 11 is 0. The van der Waals surface area contributed by atoms with E-state index in [0.717, 1.165) is 44.7 Å². The van der Waals surface area contributed by atoms with Gasteiger partial charge in [0.2, 0.25) is 5.91 Å². The zero-order valence-electron chi connectivity index (χ0n) is 24.3. The van der Waals surface area contributed by atoms with Gasteiger partial charge in [-0.2, -0.15) is 0 Å². The Bertz CT molecular complexity index is 1070. The lowest BCUT2D eigenvalue weighted by atomic mass is 10.0. The predicted octanol–water partition coefficient (Wildman–Crippen LogP) is 1.51. The number of aliphatic hydroxyl groups excluding tert-OH is 1. The van der Waals surface area contributed by atoms with Crippen LogP contribution in [-0.2, 0) is 14.4 Å². The molecule has 4 unspecified atom stereocenters. The number of anilines is 1. The average Bonchev–Trinajstić information content (AvgIpc) is 3.52. The summed E-state index contributed by atoms with van der Waals surface area (Å²) in [6, 6.07) is 5.53. The smallest absolute Gasteiger partial charge is 0.252 e. The second kappa shape index (κ2) is 13.1. The summed E-state index contributed by atoms with van der Waals surface area (Å²) in [7, 11) is 2.11. The Morgan fingerprint density at radius 3 is 2.30 bits per heavy atom. The van der Waals surface area contributed by atoms with Crippen LogP contribution in [0.4, 0.5) is 5.69 Å². The summed E-state index contributed by atoms with van der Waals surface area (Å²) < 4.78 is 0. The van der Waals surface area contributed by atoms with Gasteiger partial charge in [0, 0.05) is 44.0 Å². The van der Waals surface area contributed by atoms with Crippen LogP contribution in [0.15, 0.2) is 24.3 Å². The van der Waals surface area contributed by atoms with Crippen molar-refractivity contribution in [1.82, 2.24) is 20.0 Å². The lowest BCUT2D eigenvalue weighted by Gasteiger charge is -2.34. The van der Waals surface area contributed by atoms with Crippen LogP contribution >= 0.6 is 0 Å². The molecular weight excluding hydrogens is 510 g/mol. The van der Waals surface area contributed by atoms with Crippen molar-refractivity contribution in [2.75, 3.05) is 51.2 Å². The topological polar surface area (TPSA) is 114 Å². The Kier molecular flexibility index (Phi) is 9.84. The first-order chi connectivity index (χ1) is 19.1. The van der Waals surface area contributed by atoms with Gasteiger partial charge < -0.3 is 30.0 Å². The third-order valence-corrected chi connectivity index (χ3v) is 8.41. The van der Waals surface area contributed by atoms with Crippen molar-refractivity contribution in [3.8, 4) is 0 Å². The van der Waals surface area contributed by atoms with E-state index in [0.29, 0.717) is 31.4 Å². The molecule has 0 spiro atoms. The number of aliphatic hydroxyl groups is 1. The first-order valence-corrected chi connectivity index (χ1v) is 14.8. The van der Waals surface area contributed by atoms with Crippen molar-refractivity contribution in [2.24, 2.45) is 5.92 Å². The summed E-state index contributed by atoms with van der Waals surface area (Å²) in [6.45, 7) is 10.1. The fourth-order valence-corrected chi connectivity index (χ4v) is 6.09. The molecule has 3 amide bonds. The number of hydrogen-bond acceptors (Lipinski definition) is 7. The minimum Gasteiger partial charge on any atom is -0.383 e. The quantitative estimate of drug-likeness (QED) is 0.450. The van der Waals surface area contributed by atoms with Gasteiger partial charge in [-0.1, -0.05) is 33.6 Å². The minimum absolute atomic E-state index is 0.0952. The van der Waals surface area contributed by atoms with E-state index in [-0.39, 0.29) is 30.1 Å². The van der Waals surface area contributed by atoms with Gasteiger partial charge in [-0.05, 0) is 56.5 Å². The first-order valence-electron chi connectivity index (χ1n) is 14.8. The largest absolute Gasteiger partial charge is 0.383 e. The van der Waals surface area contributed by atoms with Crippen LogP contribution in [0.3, 0.4) is 0 Å². The molecule has 0 saturated carbocycles. The highest BCUT2D eigenvalue weighted by Gasteiger charge is 2.52. The van der Waals surface area contributed by atoms with Gasteiger partial charge in [-0.25, -0.2) is 0 Å². The molecule has 3 aliphatic heterocycles. The Labute approximate surface area is 237 Å². The number of rotatable bonds is 10. The maximum absolute atomic E-state index is 13.8. The van der Waals surface area contributed by atoms with Crippen molar-refractivity contribution in [3.05, 3.63) is 29.8 Å². The van der Waals surface area contributed by atoms with E-state index in [4.69, 9.17) is 0 Å². The van der Waals surface area contributed by atoms with Gasteiger partial charge in [0.15, 0.2) is 5.78 Å². The van der Waals surface area contributed by atoms with E-state index < -0.39 is 30.1 Å². The number of unbranched alkanes of at least 4 members (excludes halogenated alkanes) is 1. The summed E-state index contributed by atoms with van der Waals surface area (Å²) in [6.07, 6.45) is 1.73. The standard InChI is InChI=1S/C30H45N5O5/c1-5-6-7-25(36)30(40)35-19-26(37)27-24(35)12-13-34(27)29(39)23(18-20(2)3)31-28(38)21-8-10-22(11-9-21)33-16-14-32(4)15-17-33/h8-11,20,23-25,27,36H,5-7,12-19H2,1-4H3,(H,31,38). The SMILES string of the molecule is CCCCC(O)C(=O)N1CC(=O)C2C1CCN2C(=O)C(CC(C)C)NC(=O)c1ccc(N2CCN(C)CC2)cc1. The van der Waals surface area contributed by atoms with Crippen molar-refractivity contribution in [1.29, 1.82) is 0 Å². The number of ketones is 1. The molecule has 3 aliphatic rings. The predicted molar refractivity (Wildman–Crippen MR) is 153 cm³/mol. The summed E-state index contributed by atoms with van der Waals surface area (Å²) in [5.41, 5.74) is 1.55. The van der Waals surface area contributed by atoms with Gasteiger partial charge >= 0.3 is 0 Å². The van der Waals surface area contributed by atoms with Crippen LogP contribution < -0.4 is 10.2 Å². The normalized spacial score (nSPS) is 22.9. The lowest BCUT2D eigenvalue weighted by Crippen LogP contribution is -2.53. The zero-order chi connectivity index (χ0) is 29.0. The third-order valence-electron chi connectivity index (χ3n) is 8.41. The fraction of sp³-hybridized carbons (Fsp3) is 0.667. The highest BCUT2D eigenvalue weighted by molar-refractivity contribution is 6.01. The van der Waals surface area contributed by atoms with Crippen molar-refractivity contribution in [3.63, 3.8) is 0 Å². The second-order valence-corrected chi connectivity index (χ2v) is 11.9. The molecule has 3 saturated heterocycles. The van der Waals surface area contributed by atoms with Crippen molar-refractivity contribution in [2.45, 2.75) is 77.1 Å². The number of carbonyl (C=O) groups excluding carboxylic acids is 4. The molecule has 10 heteroatoms. The van der Waals surface area contributed by atoms with E-state index in [2.05, 4.69) is 22.2 Å². The molecule has 1 aromatic rings. The number of hydrogen-bond donors (Lipinski definition) is 2. The molecule has 0 aliphatic carbocycles. The van der Waals surface area contributed by atoms with Gasteiger partial charge in [0.05, 0.1) is 12.6 Å². The second-order valence-electron chi connectivity index (χ2n) is 11.9. The summed E-state index contributed by atoms with van der Waals surface area (Å²) in [5, 5.41) is 13.3. The zero-order valence-corrected chi connectivity index (χ0v) is 24.3. The molecule has 0 aromatic heterocycles. The Morgan fingerprint density at radius 2 is 1.68 bits per heavy atom. The molecule has 4 atom stereocenters. The van der Waals surface area contributed by atoms with Crippen LogP contribution in [-0.4, -0.2) is 114 Å². The molecule has 10 nitrogen and oxygen atoms in total. The number of carbonyl (C=O) groups is 4. The molecule has 3 heterocycles. The van der Waals surface area contributed by atoms with Crippen LogP contribution in [0.2, 0.25) is 0 Å². The highest BCUT2D eigenvalue weighted by atomic mass is 16.3. The maximum Gasteiger partial charge on any atom is 0.252 e. The minimum atomic E-state index is -1.13. The molecule has 1 aromatic carbocycles. The first kappa shape index (κ1) is 30.0.